The summed E-state index contributed by atoms with van der Waals surface area (Å²) in [6.07, 6.45) is 1.59. The van der Waals surface area contributed by atoms with Crippen LogP contribution in [0.3, 0.4) is 0 Å². The number of carboxylic acids is 1. The van der Waals surface area contributed by atoms with Gasteiger partial charge >= 0.3 is 5.97 Å². The average molecular weight is 344 g/mol. The van der Waals surface area contributed by atoms with Gasteiger partial charge in [-0.1, -0.05) is 40.2 Å². The molecule has 3 aromatic rings. The minimum absolute atomic E-state index is 0.168. The van der Waals surface area contributed by atoms with Gasteiger partial charge in [-0.25, -0.2) is 9.78 Å². The van der Waals surface area contributed by atoms with Crippen molar-refractivity contribution >= 4 is 21.9 Å². The minimum atomic E-state index is -1.01. The number of halogens is 1. The SMILES string of the molecule is O=C(O)c1ccccc1-c1ncc(-c2ccc(Br)cc2)o1. The van der Waals surface area contributed by atoms with E-state index in [1.807, 2.05) is 24.3 Å². The molecule has 0 saturated heterocycles. The van der Waals surface area contributed by atoms with Crippen molar-refractivity contribution < 1.29 is 14.3 Å². The Labute approximate surface area is 129 Å². The number of carbonyl (C=O) groups is 1. The second kappa shape index (κ2) is 5.54. The molecule has 0 bridgehead atoms. The van der Waals surface area contributed by atoms with Crippen LogP contribution in [0.5, 0.6) is 0 Å². The Morgan fingerprint density at radius 3 is 2.52 bits per heavy atom. The highest BCUT2D eigenvalue weighted by atomic mass is 79.9. The molecule has 0 aliphatic carbocycles. The Kier molecular flexibility index (Phi) is 3.58. The maximum absolute atomic E-state index is 11.2. The van der Waals surface area contributed by atoms with E-state index in [9.17, 15) is 9.90 Å². The molecule has 4 nitrogen and oxygen atoms in total. The van der Waals surface area contributed by atoms with Crippen molar-refractivity contribution in [3.63, 3.8) is 0 Å². The normalized spacial score (nSPS) is 10.5. The van der Waals surface area contributed by atoms with E-state index in [4.69, 9.17) is 4.42 Å². The molecule has 0 aliphatic heterocycles. The fraction of sp³-hybridized carbons (Fsp3) is 0. The maximum Gasteiger partial charge on any atom is 0.336 e. The van der Waals surface area contributed by atoms with E-state index in [0.717, 1.165) is 10.0 Å². The molecule has 0 spiro atoms. The first kappa shape index (κ1) is 13.6. The van der Waals surface area contributed by atoms with E-state index in [2.05, 4.69) is 20.9 Å². The summed E-state index contributed by atoms with van der Waals surface area (Å²) < 4.78 is 6.67. The monoisotopic (exact) mass is 343 g/mol. The van der Waals surface area contributed by atoms with Gasteiger partial charge in [-0.3, -0.25) is 0 Å². The summed E-state index contributed by atoms with van der Waals surface area (Å²) in [5.74, 6) is -0.113. The lowest BCUT2D eigenvalue weighted by Crippen LogP contribution is -1.98. The van der Waals surface area contributed by atoms with Crippen molar-refractivity contribution in [3.05, 3.63) is 64.8 Å². The third kappa shape index (κ3) is 2.73. The minimum Gasteiger partial charge on any atom is -0.478 e. The Balaban J connectivity index is 2.03. The molecule has 104 valence electrons. The zero-order chi connectivity index (χ0) is 14.8. The predicted molar refractivity (Wildman–Crippen MR) is 82.0 cm³/mol. The number of rotatable bonds is 3. The molecule has 1 N–H and O–H groups in total. The lowest BCUT2D eigenvalue weighted by Gasteiger charge is -2.01. The van der Waals surface area contributed by atoms with E-state index >= 15 is 0 Å². The molecule has 3 rings (SSSR count). The van der Waals surface area contributed by atoms with Crippen LogP contribution in [0.1, 0.15) is 10.4 Å². The molecule has 0 amide bonds. The van der Waals surface area contributed by atoms with Crippen LogP contribution in [0.4, 0.5) is 0 Å². The molecule has 5 heteroatoms. The van der Waals surface area contributed by atoms with E-state index < -0.39 is 5.97 Å². The van der Waals surface area contributed by atoms with Crippen LogP contribution >= 0.6 is 15.9 Å². The van der Waals surface area contributed by atoms with Crippen molar-refractivity contribution in [2.45, 2.75) is 0 Å². The third-order valence-electron chi connectivity index (χ3n) is 3.02. The van der Waals surface area contributed by atoms with Gasteiger partial charge < -0.3 is 9.52 Å². The molecule has 1 aromatic heterocycles. The molecule has 0 radical (unpaired) electrons. The number of aromatic carboxylic acids is 1. The summed E-state index contributed by atoms with van der Waals surface area (Å²) in [5.41, 5.74) is 1.51. The molecule has 0 fully saturated rings. The number of benzene rings is 2. The zero-order valence-corrected chi connectivity index (χ0v) is 12.4. The molecule has 0 saturated carbocycles. The molecule has 0 atom stereocenters. The predicted octanol–water partition coefficient (Wildman–Crippen LogP) is 4.47. The topological polar surface area (TPSA) is 63.3 Å². The lowest BCUT2D eigenvalue weighted by atomic mass is 10.1. The van der Waals surface area contributed by atoms with Gasteiger partial charge in [0.1, 0.15) is 0 Å². The van der Waals surface area contributed by atoms with E-state index in [0.29, 0.717) is 17.2 Å². The van der Waals surface area contributed by atoms with Crippen LogP contribution < -0.4 is 0 Å². The highest BCUT2D eigenvalue weighted by Gasteiger charge is 2.15. The van der Waals surface area contributed by atoms with Crippen LogP contribution in [-0.4, -0.2) is 16.1 Å². The smallest absolute Gasteiger partial charge is 0.336 e. The second-order valence-corrected chi connectivity index (χ2v) is 5.30. The number of nitrogens with zero attached hydrogens (tertiary/aromatic N) is 1. The van der Waals surface area contributed by atoms with Gasteiger partial charge in [-0.15, -0.1) is 0 Å². The standard InChI is InChI=1S/C16H10BrNO3/c17-11-7-5-10(6-8-11)14-9-18-15(21-14)12-3-1-2-4-13(12)16(19)20/h1-9H,(H,19,20). The number of aromatic nitrogens is 1. The molecule has 0 unspecified atom stereocenters. The van der Waals surface area contributed by atoms with Crippen LogP contribution in [-0.2, 0) is 0 Å². The van der Waals surface area contributed by atoms with E-state index in [1.165, 1.54) is 6.07 Å². The van der Waals surface area contributed by atoms with Crippen molar-refractivity contribution in [1.82, 2.24) is 4.98 Å². The number of hydrogen-bond acceptors (Lipinski definition) is 3. The lowest BCUT2D eigenvalue weighted by molar-refractivity contribution is 0.0697. The highest BCUT2D eigenvalue weighted by Crippen LogP contribution is 2.28. The fourth-order valence-electron chi connectivity index (χ4n) is 2.00. The van der Waals surface area contributed by atoms with Gasteiger partial charge in [-0.05, 0) is 24.3 Å². The fourth-order valence-corrected chi connectivity index (χ4v) is 2.27. The molecule has 0 aliphatic rings. The van der Waals surface area contributed by atoms with E-state index in [1.54, 1.807) is 24.4 Å². The van der Waals surface area contributed by atoms with Gasteiger partial charge in [0.2, 0.25) is 5.89 Å². The Morgan fingerprint density at radius 2 is 1.81 bits per heavy atom. The number of hydrogen-bond donors (Lipinski definition) is 1. The molecule has 21 heavy (non-hydrogen) atoms. The summed E-state index contributed by atoms with van der Waals surface area (Å²) in [6.45, 7) is 0. The third-order valence-corrected chi connectivity index (χ3v) is 3.55. The van der Waals surface area contributed by atoms with Crippen molar-refractivity contribution in [2.75, 3.05) is 0 Å². The van der Waals surface area contributed by atoms with Crippen molar-refractivity contribution in [1.29, 1.82) is 0 Å². The first-order valence-electron chi connectivity index (χ1n) is 6.19. The maximum atomic E-state index is 11.2. The largest absolute Gasteiger partial charge is 0.478 e. The number of oxazole rings is 1. The summed E-state index contributed by atoms with van der Waals surface area (Å²) in [5, 5.41) is 9.21. The summed E-state index contributed by atoms with van der Waals surface area (Å²) in [7, 11) is 0. The van der Waals surface area contributed by atoms with Crippen LogP contribution in [0.15, 0.2) is 63.6 Å². The van der Waals surface area contributed by atoms with Gasteiger partial charge in [0.15, 0.2) is 5.76 Å². The molecular weight excluding hydrogens is 334 g/mol. The molecule has 1 heterocycles. The zero-order valence-electron chi connectivity index (χ0n) is 10.8. The summed E-state index contributed by atoms with van der Waals surface area (Å²) >= 11 is 3.37. The molecule has 2 aromatic carbocycles. The average Bonchev–Trinajstić information content (AvgIpc) is 2.97. The number of carboxylic acid groups (broad SMARTS) is 1. The Hall–Kier alpha value is -2.40. The van der Waals surface area contributed by atoms with Gasteiger partial charge in [0.25, 0.3) is 0 Å². The van der Waals surface area contributed by atoms with Crippen molar-refractivity contribution in [3.8, 4) is 22.8 Å². The Bertz CT molecular complexity index is 793. The summed E-state index contributed by atoms with van der Waals surface area (Å²) in [4.78, 5) is 15.4. The molecular formula is C16H10BrNO3. The van der Waals surface area contributed by atoms with Gasteiger partial charge in [-0.2, -0.15) is 0 Å². The van der Waals surface area contributed by atoms with Crippen LogP contribution in [0, 0.1) is 0 Å². The van der Waals surface area contributed by atoms with Crippen LogP contribution in [0.25, 0.3) is 22.8 Å². The van der Waals surface area contributed by atoms with Gasteiger partial charge in [0.05, 0.1) is 17.3 Å². The van der Waals surface area contributed by atoms with Gasteiger partial charge in [0, 0.05) is 10.0 Å². The van der Waals surface area contributed by atoms with E-state index in [-0.39, 0.29) is 5.56 Å². The first-order valence-corrected chi connectivity index (χ1v) is 6.99. The second-order valence-electron chi connectivity index (χ2n) is 4.39. The van der Waals surface area contributed by atoms with Crippen LogP contribution in [0.2, 0.25) is 0 Å². The van der Waals surface area contributed by atoms with Crippen molar-refractivity contribution in [2.24, 2.45) is 0 Å². The first-order chi connectivity index (χ1) is 10.1. The summed E-state index contributed by atoms with van der Waals surface area (Å²) in [6, 6.07) is 14.2. The quantitative estimate of drug-likeness (QED) is 0.761. The Morgan fingerprint density at radius 1 is 1.10 bits per heavy atom. The highest BCUT2D eigenvalue weighted by molar-refractivity contribution is 9.10.